The first-order valence-corrected chi connectivity index (χ1v) is 11.9. The van der Waals surface area contributed by atoms with Crippen LogP contribution in [0.5, 0.6) is 0 Å². The lowest BCUT2D eigenvalue weighted by molar-refractivity contribution is 0.151. The van der Waals surface area contributed by atoms with Crippen LogP contribution < -0.4 is 0 Å². The van der Waals surface area contributed by atoms with Gasteiger partial charge < -0.3 is 8.84 Å². The predicted octanol–water partition coefficient (Wildman–Crippen LogP) is 6.65. The molecule has 0 heterocycles. The Morgan fingerprint density at radius 3 is 1.71 bits per heavy atom. The van der Waals surface area contributed by atoms with Crippen LogP contribution in [0.3, 0.4) is 0 Å². The van der Waals surface area contributed by atoms with E-state index in [1.54, 1.807) is 0 Å². The SMILES string of the molecule is C=C(C)COCCCCCCCCCCCC[Si](C)(C)F. The van der Waals surface area contributed by atoms with Crippen LogP contribution in [-0.4, -0.2) is 21.6 Å². The van der Waals surface area contributed by atoms with Gasteiger partial charge in [0, 0.05) is 6.61 Å². The lowest BCUT2D eigenvalue weighted by atomic mass is 10.1. The molecule has 0 unspecified atom stereocenters. The van der Waals surface area contributed by atoms with E-state index < -0.39 is 8.41 Å². The highest BCUT2D eigenvalue weighted by atomic mass is 28.4. The van der Waals surface area contributed by atoms with Crippen LogP contribution in [0.25, 0.3) is 0 Å². The topological polar surface area (TPSA) is 9.23 Å². The van der Waals surface area contributed by atoms with E-state index in [0.717, 1.165) is 24.6 Å². The lowest BCUT2D eigenvalue weighted by Gasteiger charge is -2.09. The van der Waals surface area contributed by atoms with Crippen molar-refractivity contribution in [1.29, 1.82) is 0 Å². The monoisotopic (exact) mass is 316 g/mol. The van der Waals surface area contributed by atoms with Crippen molar-refractivity contribution in [2.24, 2.45) is 0 Å². The third kappa shape index (κ3) is 19.8. The quantitative estimate of drug-likeness (QED) is 0.142. The van der Waals surface area contributed by atoms with E-state index in [2.05, 4.69) is 6.58 Å². The standard InChI is InChI=1S/C18H37FOSi/c1-18(2)17-20-15-13-11-9-7-5-6-8-10-12-14-16-21(3,4)19/h1,5-17H2,2-4H3. The zero-order valence-corrected chi connectivity index (χ0v) is 15.7. The molecule has 0 saturated heterocycles. The van der Waals surface area contributed by atoms with Crippen LogP contribution in [-0.2, 0) is 4.74 Å². The van der Waals surface area contributed by atoms with Gasteiger partial charge in [-0.15, -0.1) is 0 Å². The summed E-state index contributed by atoms with van der Waals surface area (Å²) in [5.74, 6) is 0. The number of unbranched alkanes of at least 4 members (excludes halogenated alkanes) is 9. The summed E-state index contributed by atoms with van der Waals surface area (Å²) in [5.41, 5.74) is 1.10. The van der Waals surface area contributed by atoms with E-state index in [9.17, 15) is 4.11 Å². The summed E-state index contributed by atoms with van der Waals surface area (Å²) in [6, 6.07) is 0.848. The Morgan fingerprint density at radius 2 is 1.29 bits per heavy atom. The maximum Gasteiger partial charge on any atom is 0.240 e. The van der Waals surface area contributed by atoms with Crippen molar-refractivity contribution >= 4 is 8.41 Å². The van der Waals surface area contributed by atoms with Gasteiger partial charge in [0.15, 0.2) is 0 Å². The molecule has 0 aliphatic carbocycles. The highest BCUT2D eigenvalue weighted by molar-refractivity contribution is 6.70. The van der Waals surface area contributed by atoms with Gasteiger partial charge in [0.1, 0.15) is 0 Å². The maximum absolute atomic E-state index is 13.4. The van der Waals surface area contributed by atoms with E-state index in [-0.39, 0.29) is 0 Å². The van der Waals surface area contributed by atoms with Crippen molar-refractivity contribution in [2.45, 2.75) is 90.3 Å². The van der Waals surface area contributed by atoms with Gasteiger partial charge in [-0.2, -0.15) is 0 Å². The average Bonchev–Trinajstić information content (AvgIpc) is 2.37. The molecule has 1 nitrogen and oxygen atoms in total. The molecule has 0 radical (unpaired) electrons. The fraction of sp³-hybridized carbons (Fsp3) is 0.889. The van der Waals surface area contributed by atoms with E-state index in [4.69, 9.17) is 4.74 Å². The van der Waals surface area contributed by atoms with Crippen LogP contribution in [0, 0.1) is 0 Å². The fourth-order valence-electron chi connectivity index (χ4n) is 2.41. The van der Waals surface area contributed by atoms with Gasteiger partial charge >= 0.3 is 0 Å². The second kappa shape index (κ2) is 13.5. The van der Waals surface area contributed by atoms with Crippen molar-refractivity contribution in [3.05, 3.63) is 12.2 Å². The highest BCUT2D eigenvalue weighted by Gasteiger charge is 2.18. The number of halogens is 1. The Morgan fingerprint density at radius 1 is 0.857 bits per heavy atom. The number of hydrogen-bond donors (Lipinski definition) is 0. The molecular formula is C18H37FOSi. The molecule has 0 aliphatic heterocycles. The average molecular weight is 317 g/mol. The fourth-order valence-corrected chi connectivity index (χ4v) is 3.50. The molecule has 0 aromatic rings. The maximum atomic E-state index is 13.4. The molecule has 3 heteroatoms. The normalized spacial score (nSPS) is 11.8. The minimum atomic E-state index is -2.28. The van der Waals surface area contributed by atoms with E-state index in [0.29, 0.717) is 6.61 Å². The second-order valence-electron chi connectivity index (χ2n) is 7.01. The van der Waals surface area contributed by atoms with Gasteiger partial charge in [0.05, 0.1) is 6.61 Å². The van der Waals surface area contributed by atoms with Crippen molar-refractivity contribution in [3.63, 3.8) is 0 Å². The van der Waals surface area contributed by atoms with Gasteiger partial charge in [-0.3, -0.25) is 0 Å². The van der Waals surface area contributed by atoms with Crippen LogP contribution >= 0.6 is 0 Å². The summed E-state index contributed by atoms with van der Waals surface area (Å²) in [6.45, 7) is 11.0. The van der Waals surface area contributed by atoms with Gasteiger partial charge in [0.2, 0.25) is 8.41 Å². The number of rotatable bonds is 15. The van der Waals surface area contributed by atoms with E-state index in [1.807, 2.05) is 20.0 Å². The van der Waals surface area contributed by atoms with Crippen molar-refractivity contribution in [1.82, 2.24) is 0 Å². The molecule has 0 bridgehead atoms. The van der Waals surface area contributed by atoms with Crippen molar-refractivity contribution in [2.75, 3.05) is 13.2 Å². The smallest absolute Gasteiger partial charge is 0.240 e. The Kier molecular flexibility index (Phi) is 13.4. The summed E-state index contributed by atoms with van der Waals surface area (Å²) < 4.78 is 18.9. The molecule has 0 spiro atoms. The van der Waals surface area contributed by atoms with Gasteiger partial charge in [-0.1, -0.05) is 69.9 Å². The number of ether oxygens (including phenoxy) is 1. The zero-order chi connectivity index (χ0) is 16.0. The Bertz CT molecular complexity index is 248. The first-order chi connectivity index (χ1) is 9.92. The van der Waals surface area contributed by atoms with Crippen LogP contribution in [0.1, 0.15) is 71.1 Å². The molecule has 0 aromatic carbocycles. The van der Waals surface area contributed by atoms with Crippen LogP contribution in [0.4, 0.5) is 4.11 Å². The summed E-state index contributed by atoms with van der Waals surface area (Å²) in [7, 11) is -2.28. The Labute approximate surface area is 133 Å². The lowest BCUT2D eigenvalue weighted by Crippen LogP contribution is -2.16. The van der Waals surface area contributed by atoms with E-state index >= 15 is 0 Å². The summed E-state index contributed by atoms with van der Waals surface area (Å²) in [4.78, 5) is 0. The van der Waals surface area contributed by atoms with Gasteiger partial charge in [-0.25, -0.2) is 0 Å². The first-order valence-electron chi connectivity index (χ1n) is 8.83. The minimum Gasteiger partial charge on any atom is -0.377 e. The molecule has 0 amide bonds. The van der Waals surface area contributed by atoms with Gasteiger partial charge in [-0.05, 0) is 32.5 Å². The molecule has 0 aromatic heterocycles. The molecule has 0 N–H and O–H groups in total. The van der Waals surface area contributed by atoms with Crippen molar-refractivity contribution in [3.8, 4) is 0 Å². The molecule has 126 valence electrons. The van der Waals surface area contributed by atoms with Crippen LogP contribution in [0.15, 0.2) is 12.2 Å². The largest absolute Gasteiger partial charge is 0.377 e. The third-order valence-electron chi connectivity index (χ3n) is 3.66. The van der Waals surface area contributed by atoms with E-state index in [1.165, 1.54) is 57.8 Å². The minimum absolute atomic E-state index is 0.710. The summed E-state index contributed by atoms with van der Waals surface area (Å²) >= 11 is 0. The molecule has 0 saturated carbocycles. The molecule has 0 aliphatic rings. The second-order valence-corrected chi connectivity index (χ2v) is 11.0. The summed E-state index contributed by atoms with van der Waals surface area (Å²) in [5, 5.41) is 0. The summed E-state index contributed by atoms with van der Waals surface area (Å²) in [6.07, 6.45) is 12.8. The Balaban J connectivity index is 3.04. The molecule has 0 rings (SSSR count). The first kappa shape index (κ1) is 20.8. The molecule has 0 fully saturated rings. The molecule has 0 atom stereocenters. The van der Waals surface area contributed by atoms with Gasteiger partial charge in [0.25, 0.3) is 0 Å². The molecular weight excluding hydrogens is 279 g/mol. The predicted molar refractivity (Wildman–Crippen MR) is 95.2 cm³/mol. The molecule has 21 heavy (non-hydrogen) atoms. The Hall–Kier alpha value is -0.153. The zero-order valence-electron chi connectivity index (χ0n) is 14.7. The number of hydrogen-bond acceptors (Lipinski definition) is 1. The third-order valence-corrected chi connectivity index (χ3v) is 5.20. The van der Waals surface area contributed by atoms with Crippen molar-refractivity contribution < 1.29 is 8.84 Å². The highest BCUT2D eigenvalue weighted by Crippen LogP contribution is 2.17. The van der Waals surface area contributed by atoms with Crippen LogP contribution in [0.2, 0.25) is 19.1 Å².